The molecular weight excluding hydrogens is 278 g/mol. The second kappa shape index (κ2) is 4.87. The van der Waals surface area contributed by atoms with Crippen LogP contribution in [0.5, 0.6) is 0 Å². The summed E-state index contributed by atoms with van der Waals surface area (Å²) in [6.45, 7) is 1.35. The van der Waals surface area contributed by atoms with Crippen LogP contribution < -0.4 is 0 Å². The number of benzene rings is 1. The highest BCUT2D eigenvalue weighted by Gasteiger charge is 2.39. The number of rotatable bonds is 3. The van der Waals surface area contributed by atoms with E-state index < -0.39 is 0 Å². The molecule has 4 rings (SSSR count). The fourth-order valence-electron chi connectivity index (χ4n) is 3.12. The van der Waals surface area contributed by atoms with Gasteiger partial charge in [-0.05, 0) is 18.8 Å². The molecular formula is C17H19N3O2. The van der Waals surface area contributed by atoms with Crippen molar-refractivity contribution < 1.29 is 9.63 Å². The fourth-order valence-corrected chi connectivity index (χ4v) is 3.12. The van der Waals surface area contributed by atoms with Crippen LogP contribution in [0.3, 0.4) is 0 Å². The lowest BCUT2D eigenvalue weighted by atomic mass is 9.90. The molecule has 0 radical (unpaired) electrons. The zero-order chi connectivity index (χ0) is 15.3. The molecule has 0 bridgehead atoms. The number of Topliss-reactive ketones (excluding diaryl/α,β-unsaturated/α-hetero) is 1. The maximum absolute atomic E-state index is 12.8. The molecule has 2 aliphatic carbocycles. The zero-order valence-corrected chi connectivity index (χ0v) is 12.9. The number of ketones is 1. The maximum atomic E-state index is 12.8. The Kier molecular flexibility index (Phi) is 2.96. The van der Waals surface area contributed by atoms with E-state index in [1.807, 2.05) is 43.3 Å². The van der Waals surface area contributed by atoms with E-state index in [-0.39, 0.29) is 5.78 Å². The Hall–Kier alpha value is -2.30. The molecule has 0 spiro atoms. The number of hydrogen-bond donors (Lipinski definition) is 0. The summed E-state index contributed by atoms with van der Waals surface area (Å²) in [6.07, 6.45) is 2.47. The second-order valence-corrected chi connectivity index (χ2v) is 6.29. The van der Waals surface area contributed by atoms with E-state index in [2.05, 4.69) is 10.1 Å². The summed E-state index contributed by atoms with van der Waals surface area (Å²) in [5.74, 6) is 0.723. The second-order valence-electron chi connectivity index (χ2n) is 6.29. The Labute approximate surface area is 129 Å². The normalized spacial score (nSPS) is 22.3. The molecule has 0 N–H and O–H groups in total. The van der Waals surface area contributed by atoms with Crippen molar-refractivity contribution in [2.45, 2.75) is 12.8 Å². The molecule has 1 saturated carbocycles. The van der Waals surface area contributed by atoms with E-state index in [1.54, 1.807) is 0 Å². The smallest absolute Gasteiger partial charge is 0.211 e. The third-order valence-corrected chi connectivity index (χ3v) is 4.44. The number of hydrogen-bond acceptors (Lipinski definition) is 5. The summed E-state index contributed by atoms with van der Waals surface area (Å²) in [5, 5.41) is 4.40. The predicted octanol–water partition coefficient (Wildman–Crippen LogP) is 2.06. The molecule has 1 aliphatic heterocycles. The van der Waals surface area contributed by atoms with Crippen molar-refractivity contribution in [3.8, 4) is 0 Å². The lowest BCUT2D eigenvalue weighted by molar-refractivity contribution is 0.100. The number of carbonyl (C=O) groups excluding carboxylic acids is 1. The molecule has 0 amide bonds. The van der Waals surface area contributed by atoms with E-state index in [0.29, 0.717) is 24.8 Å². The van der Waals surface area contributed by atoms with Gasteiger partial charge in [0.1, 0.15) is 18.0 Å². The first-order valence-electron chi connectivity index (χ1n) is 7.68. The number of likely N-dealkylation sites (N-methyl/N-ethyl adjacent to an activating group) is 2. The lowest BCUT2D eigenvalue weighted by Crippen LogP contribution is -2.27. The quantitative estimate of drug-likeness (QED) is 0.801. The standard InChI is InChI=1S/C17H19N3O2/c1-19-10-20(2)16-15(19)14(18-22-9-11-7-8-11)12-5-3-4-6-13(12)17(16)21/h3-6,11H,7-10H2,1-2H3/b18-14-. The van der Waals surface area contributed by atoms with E-state index in [9.17, 15) is 4.79 Å². The van der Waals surface area contributed by atoms with Crippen LogP contribution in [0.25, 0.3) is 0 Å². The van der Waals surface area contributed by atoms with Crippen LogP contribution in [0.2, 0.25) is 0 Å². The van der Waals surface area contributed by atoms with Gasteiger partial charge in [0.15, 0.2) is 0 Å². The van der Waals surface area contributed by atoms with Crippen molar-refractivity contribution in [1.82, 2.24) is 9.80 Å². The summed E-state index contributed by atoms with van der Waals surface area (Å²) < 4.78 is 0. The van der Waals surface area contributed by atoms with Gasteiger partial charge < -0.3 is 14.6 Å². The van der Waals surface area contributed by atoms with Crippen molar-refractivity contribution in [2.75, 3.05) is 27.4 Å². The summed E-state index contributed by atoms with van der Waals surface area (Å²) in [5.41, 5.74) is 3.94. The predicted molar refractivity (Wildman–Crippen MR) is 83.4 cm³/mol. The van der Waals surface area contributed by atoms with E-state index in [0.717, 1.165) is 22.7 Å². The molecule has 1 aromatic carbocycles. The summed E-state index contributed by atoms with van der Waals surface area (Å²) in [6, 6.07) is 7.64. The number of fused-ring (bicyclic) bond motifs is 1. The van der Waals surface area contributed by atoms with Gasteiger partial charge in [-0.15, -0.1) is 0 Å². The number of allylic oxidation sites excluding steroid dienone is 2. The van der Waals surface area contributed by atoms with Crippen LogP contribution in [0.15, 0.2) is 40.8 Å². The minimum atomic E-state index is 0.0681. The van der Waals surface area contributed by atoms with Gasteiger partial charge in [-0.2, -0.15) is 0 Å². The number of oxime groups is 1. The molecule has 3 aliphatic rings. The van der Waals surface area contributed by atoms with Crippen LogP contribution in [0.1, 0.15) is 28.8 Å². The highest BCUT2D eigenvalue weighted by molar-refractivity contribution is 6.28. The van der Waals surface area contributed by atoms with Gasteiger partial charge in [-0.1, -0.05) is 29.4 Å². The average Bonchev–Trinajstić information content (AvgIpc) is 3.28. The highest BCUT2D eigenvalue weighted by Crippen LogP contribution is 2.34. The molecule has 0 unspecified atom stereocenters. The van der Waals surface area contributed by atoms with E-state index in [4.69, 9.17) is 4.84 Å². The van der Waals surface area contributed by atoms with Gasteiger partial charge in [0.05, 0.1) is 12.4 Å². The SMILES string of the molecule is CN1CN(C)C2=C1C(=O)c1ccccc1/C2=N/OCC1CC1. The molecule has 1 heterocycles. The van der Waals surface area contributed by atoms with Gasteiger partial charge >= 0.3 is 0 Å². The average molecular weight is 297 g/mol. The van der Waals surface area contributed by atoms with Crippen LogP contribution in [-0.2, 0) is 4.84 Å². The van der Waals surface area contributed by atoms with E-state index >= 15 is 0 Å². The van der Waals surface area contributed by atoms with Crippen molar-refractivity contribution in [1.29, 1.82) is 0 Å². The monoisotopic (exact) mass is 297 g/mol. The topological polar surface area (TPSA) is 45.1 Å². The Balaban J connectivity index is 1.80. The summed E-state index contributed by atoms with van der Waals surface area (Å²) in [7, 11) is 3.92. The first kappa shape index (κ1) is 13.4. The molecule has 5 nitrogen and oxygen atoms in total. The van der Waals surface area contributed by atoms with Crippen LogP contribution in [0, 0.1) is 5.92 Å². The van der Waals surface area contributed by atoms with Crippen LogP contribution >= 0.6 is 0 Å². The molecule has 1 fully saturated rings. The van der Waals surface area contributed by atoms with E-state index in [1.165, 1.54) is 12.8 Å². The lowest BCUT2D eigenvalue weighted by Gasteiger charge is -2.22. The largest absolute Gasteiger partial charge is 0.395 e. The maximum Gasteiger partial charge on any atom is 0.211 e. The van der Waals surface area contributed by atoms with Crippen molar-refractivity contribution in [3.05, 3.63) is 46.8 Å². The van der Waals surface area contributed by atoms with Crippen molar-refractivity contribution in [2.24, 2.45) is 11.1 Å². The van der Waals surface area contributed by atoms with Crippen molar-refractivity contribution >= 4 is 11.5 Å². The number of carbonyl (C=O) groups is 1. The molecule has 114 valence electrons. The third kappa shape index (κ3) is 2.00. The zero-order valence-electron chi connectivity index (χ0n) is 12.9. The van der Waals surface area contributed by atoms with Gasteiger partial charge in [-0.3, -0.25) is 4.79 Å². The summed E-state index contributed by atoms with van der Waals surface area (Å²) >= 11 is 0. The van der Waals surface area contributed by atoms with Gasteiger partial charge in [0.25, 0.3) is 0 Å². The Morgan fingerprint density at radius 1 is 1.14 bits per heavy atom. The molecule has 1 aromatic rings. The van der Waals surface area contributed by atoms with Crippen LogP contribution in [-0.4, -0.2) is 48.7 Å². The number of nitrogens with zero attached hydrogens (tertiary/aromatic N) is 3. The summed E-state index contributed by atoms with van der Waals surface area (Å²) in [4.78, 5) is 22.4. The van der Waals surface area contributed by atoms with Gasteiger partial charge in [0, 0.05) is 25.2 Å². The fraction of sp³-hybridized carbons (Fsp3) is 0.412. The van der Waals surface area contributed by atoms with Gasteiger partial charge in [0.2, 0.25) is 5.78 Å². The minimum absolute atomic E-state index is 0.0681. The molecule has 0 saturated heterocycles. The van der Waals surface area contributed by atoms with Crippen molar-refractivity contribution in [3.63, 3.8) is 0 Å². The molecule has 0 aromatic heterocycles. The molecule has 0 atom stereocenters. The Bertz CT molecular complexity index is 704. The highest BCUT2D eigenvalue weighted by atomic mass is 16.6. The Morgan fingerprint density at radius 3 is 2.55 bits per heavy atom. The van der Waals surface area contributed by atoms with Crippen LogP contribution in [0.4, 0.5) is 0 Å². The minimum Gasteiger partial charge on any atom is -0.395 e. The first-order chi connectivity index (χ1) is 10.7. The van der Waals surface area contributed by atoms with Gasteiger partial charge in [-0.25, -0.2) is 0 Å². The molecule has 5 heteroatoms. The first-order valence-corrected chi connectivity index (χ1v) is 7.68. The third-order valence-electron chi connectivity index (χ3n) is 4.44. The Morgan fingerprint density at radius 2 is 1.82 bits per heavy atom. The molecule has 22 heavy (non-hydrogen) atoms.